The number of pyridine rings is 1. The third-order valence-electron chi connectivity index (χ3n) is 2.10. The van der Waals surface area contributed by atoms with E-state index in [2.05, 4.69) is 20.4 Å². The predicted octanol–water partition coefficient (Wildman–Crippen LogP) is 1.08. The van der Waals surface area contributed by atoms with Gasteiger partial charge in [0, 0.05) is 12.4 Å². The number of aromatic nitrogens is 3. The lowest BCUT2D eigenvalue weighted by atomic mass is 10.1. The molecule has 2 rings (SSSR count). The zero-order valence-corrected chi connectivity index (χ0v) is 8.64. The summed E-state index contributed by atoms with van der Waals surface area (Å²) >= 11 is 0. The number of hydrogen-bond donors (Lipinski definition) is 1. The molecule has 0 aromatic carbocycles. The molecule has 0 radical (unpaired) electrons. The van der Waals surface area contributed by atoms with E-state index in [0.29, 0.717) is 11.7 Å². The molecular formula is C10H12N4O. The van der Waals surface area contributed by atoms with Crippen LogP contribution in [0.25, 0.3) is 0 Å². The summed E-state index contributed by atoms with van der Waals surface area (Å²) in [5, 5.41) is 6.88. The molecule has 1 unspecified atom stereocenters. The van der Waals surface area contributed by atoms with Crippen LogP contribution in [-0.2, 0) is 0 Å². The molecule has 5 heteroatoms. The van der Waals surface area contributed by atoms with Gasteiger partial charge in [0.1, 0.15) is 6.04 Å². The van der Waals surface area contributed by atoms with E-state index in [1.54, 1.807) is 19.3 Å². The molecule has 2 aromatic rings. The monoisotopic (exact) mass is 204 g/mol. The van der Waals surface area contributed by atoms with Crippen molar-refractivity contribution in [3.8, 4) is 0 Å². The maximum absolute atomic E-state index is 5.12. The quantitative estimate of drug-likeness (QED) is 0.810. The number of nitrogens with zero attached hydrogens (tertiary/aromatic N) is 3. The summed E-state index contributed by atoms with van der Waals surface area (Å²) in [5.41, 5.74) is 1.00. The summed E-state index contributed by atoms with van der Waals surface area (Å²) in [6, 6.07) is 3.75. The van der Waals surface area contributed by atoms with Gasteiger partial charge in [-0.2, -0.15) is 4.98 Å². The Hall–Kier alpha value is -1.75. The first-order valence-electron chi connectivity index (χ1n) is 4.68. The average molecular weight is 204 g/mol. The Morgan fingerprint density at radius 3 is 2.87 bits per heavy atom. The highest BCUT2D eigenvalue weighted by Crippen LogP contribution is 2.18. The smallest absolute Gasteiger partial charge is 0.248 e. The first-order chi connectivity index (χ1) is 7.31. The number of hydrogen-bond acceptors (Lipinski definition) is 5. The fourth-order valence-electron chi connectivity index (χ4n) is 1.41. The molecule has 1 N–H and O–H groups in total. The zero-order chi connectivity index (χ0) is 10.7. The number of rotatable bonds is 3. The van der Waals surface area contributed by atoms with Crippen LogP contribution in [-0.4, -0.2) is 22.2 Å². The van der Waals surface area contributed by atoms with E-state index in [1.807, 2.05) is 19.2 Å². The van der Waals surface area contributed by atoms with E-state index in [0.717, 1.165) is 5.56 Å². The van der Waals surface area contributed by atoms with Crippen molar-refractivity contribution >= 4 is 0 Å². The molecule has 0 aliphatic carbocycles. The number of aryl methyl sites for hydroxylation is 1. The third kappa shape index (κ3) is 2.02. The Bertz CT molecular complexity index is 426. The molecule has 1 atom stereocenters. The van der Waals surface area contributed by atoms with Crippen LogP contribution in [0, 0.1) is 6.92 Å². The lowest BCUT2D eigenvalue weighted by molar-refractivity contribution is 0.351. The third-order valence-corrected chi connectivity index (χ3v) is 2.10. The van der Waals surface area contributed by atoms with Crippen molar-refractivity contribution in [3.63, 3.8) is 0 Å². The van der Waals surface area contributed by atoms with Crippen molar-refractivity contribution in [3.05, 3.63) is 41.8 Å². The van der Waals surface area contributed by atoms with Crippen LogP contribution in [0.5, 0.6) is 0 Å². The van der Waals surface area contributed by atoms with Gasteiger partial charge < -0.3 is 9.84 Å². The summed E-state index contributed by atoms with van der Waals surface area (Å²) in [7, 11) is 1.84. The molecule has 0 saturated heterocycles. The Morgan fingerprint density at radius 2 is 2.33 bits per heavy atom. The normalized spacial score (nSPS) is 12.7. The second-order valence-electron chi connectivity index (χ2n) is 3.19. The second-order valence-corrected chi connectivity index (χ2v) is 3.19. The predicted molar refractivity (Wildman–Crippen MR) is 54.2 cm³/mol. The Balaban J connectivity index is 2.33. The lowest BCUT2D eigenvalue weighted by Gasteiger charge is -2.10. The topological polar surface area (TPSA) is 63.8 Å². The van der Waals surface area contributed by atoms with Gasteiger partial charge in [0.25, 0.3) is 0 Å². The first-order valence-corrected chi connectivity index (χ1v) is 4.68. The fourth-order valence-corrected chi connectivity index (χ4v) is 1.41. The molecule has 0 amide bonds. The lowest BCUT2D eigenvalue weighted by Crippen LogP contribution is -2.18. The maximum atomic E-state index is 5.12. The van der Waals surface area contributed by atoms with E-state index < -0.39 is 0 Å². The Labute approximate surface area is 87.5 Å². The summed E-state index contributed by atoms with van der Waals surface area (Å²) in [5.74, 6) is 1.19. The highest BCUT2D eigenvalue weighted by atomic mass is 16.5. The van der Waals surface area contributed by atoms with Crippen molar-refractivity contribution in [2.75, 3.05) is 7.05 Å². The van der Waals surface area contributed by atoms with E-state index in [1.165, 1.54) is 0 Å². The van der Waals surface area contributed by atoms with Crippen LogP contribution < -0.4 is 5.32 Å². The summed E-state index contributed by atoms with van der Waals surface area (Å²) in [6.45, 7) is 1.79. The van der Waals surface area contributed by atoms with E-state index >= 15 is 0 Å². The minimum absolute atomic E-state index is 0.0973. The van der Waals surface area contributed by atoms with Gasteiger partial charge in [-0.1, -0.05) is 11.2 Å². The summed E-state index contributed by atoms with van der Waals surface area (Å²) in [4.78, 5) is 8.25. The minimum atomic E-state index is -0.0973. The van der Waals surface area contributed by atoms with Gasteiger partial charge in [0.05, 0.1) is 0 Å². The molecule has 15 heavy (non-hydrogen) atoms. The molecule has 0 aliphatic rings. The van der Waals surface area contributed by atoms with Crippen LogP contribution in [0.4, 0.5) is 0 Å². The van der Waals surface area contributed by atoms with Gasteiger partial charge >= 0.3 is 0 Å². The van der Waals surface area contributed by atoms with Gasteiger partial charge in [0.15, 0.2) is 5.82 Å². The van der Waals surface area contributed by atoms with E-state index in [4.69, 9.17) is 4.52 Å². The average Bonchev–Trinajstić information content (AvgIpc) is 2.68. The summed E-state index contributed by atoms with van der Waals surface area (Å²) < 4.78 is 5.12. The Kier molecular flexibility index (Phi) is 2.73. The van der Waals surface area contributed by atoms with Crippen molar-refractivity contribution in [2.24, 2.45) is 0 Å². The van der Waals surface area contributed by atoms with Gasteiger partial charge in [-0.3, -0.25) is 4.98 Å². The summed E-state index contributed by atoms with van der Waals surface area (Å²) in [6.07, 6.45) is 3.51. The molecule has 0 fully saturated rings. The molecule has 5 nitrogen and oxygen atoms in total. The van der Waals surface area contributed by atoms with Crippen LogP contribution in [0.15, 0.2) is 29.0 Å². The first kappa shape index (κ1) is 9.79. The van der Waals surface area contributed by atoms with Gasteiger partial charge in [-0.05, 0) is 25.6 Å². The molecule has 0 bridgehead atoms. The highest BCUT2D eigenvalue weighted by molar-refractivity contribution is 5.19. The molecule has 0 aliphatic heterocycles. The zero-order valence-electron chi connectivity index (χ0n) is 8.64. The largest absolute Gasteiger partial charge is 0.337 e. The van der Waals surface area contributed by atoms with Crippen LogP contribution in [0.1, 0.15) is 23.3 Å². The van der Waals surface area contributed by atoms with Crippen molar-refractivity contribution in [2.45, 2.75) is 13.0 Å². The Morgan fingerprint density at radius 1 is 1.47 bits per heavy atom. The molecule has 0 saturated carbocycles. The molecular weight excluding hydrogens is 192 g/mol. The van der Waals surface area contributed by atoms with Crippen LogP contribution in [0.2, 0.25) is 0 Å². The standard InChI is InChI=1S/C10H12N4O/c1-7-13-10(15-14-7)9(11-2)8-4-3-5-12-6-8/h3-6,9,11H,1-2H3. The SMILES string of the molecule is CNC(c1cccnc1)c1nc(C)no1. The van der Waals surface area contributed by atoms with Gasteiger partial charge in [-0.15, -0.1) is 0 Å². The van der Waals surface area contributed by atoms with E-state index in [-0.39, 0.29) is 6.04 Å². The highest BCUT2D eigenvalue weighted by Gasteiger charge is 2.18. The molecule has 2 heterocycles. The van der Waals surface area contributed by atoms with Crippen LogP contribution >= 0.6 is 0 Å². The van der Waals surface area contributed by atoms with E-state index in [9.17, 15) is 0 Å². The second kappa shape index (κ2) is 4.18. The number of nitrogens with one attached hydrogen (secondary N) is 1. The van der Waals surface area contributed by atoms with Crippen molar-refractivity contribution in [1.29, 1.82) is 0 Å². The van der Waals surface area contributed by atoms with Crippen LogP contribution in [0.3, 0.4) is 0 Å². The maximum Gasteiger partial charge on any atom is 0.248 e. The van der Waals surface area contributed by atoms with Gasteiger partial charge in [-0.25, -0.2) is 0 Å². The fraction of sp³-hybridized carbons (Fsp3) is 0.300. The minimum Gasteiger partial charge on any atom is -0.337 e. The molecule has 2 aromatic heterocycles. The van der Waals surface area contributed by atoms with Crippen molar-refractivity contribution < 1.29 is 4.52 Å². The van der Waals surface area contributed by atoms with Gasteiger partial charge in [0.2, 0.25) is 5.89 Å². The van der Waals surface area contributed by atoms with Crippen molar-refractivity contribution in [1.82, 2.24) is 20.4 Å². The molecule has 78 valence electrons. The molecule has 0 spiro atoms.